The molecule has 1 amide bonds. The summed E-state index contributed by atoms with van der Waals surface area (Å²) < 4.78 is 15.6. The number of nitrogens with zero attached hydrogens (tertiary/aromatic N) is 1. The molecule has 1 aromatic heterocycles. The molecule has 2 aromatic rings. The first-order chi connectivity index (χ1) is 8.56. The molecule has 0 saturated carbocycles. The number of carbonyl (C=O) groups is 1. The van der Waals surface area contributed by atoms with E-state index in [0.29, 0.717) is 4.47 Å². The molecule has 0 fully saturated rings. The van der Waals surface area contributed by atoms with Gasteiger partial charge in [0.05, 0.1) is 5.69 Å². The molecule has 0 aliphatic carbocycles. The van der Waals surface area contributed by atoms with Crippen LogP contribution in [-0.4, -0.2) is 10.5 Å². The largest absolute Gasteiger partial charge is 0.322 e. The Bertz CT molecular complexity index is 637. The molecular formula is C11H9BrFN3OS. The monoisotopic (exact) mass is 329 g/mol. The Morgan fingerprint density at radius 2 is 2.33 bits per heavy atom. The maximum Gasteiger partial charge on any atom is 0.244 e. The van der Waals surface area contributed by atoms with Crippen molar-refractivity contribution in [1.82, 2.24) is 4.57 Å². The SMILES string of the molecule is N=c1sccn1CC(=O)Nc1ccc(Br)cc1F. The minimum atomic E-state index is -0.501. The van der Waals surface area contributed by atoms with E-state index < -0.39 is 5.82 Å². The van der Waals surface area contributed by atoms with Crippen LogP contribution in [0.15, 0.2) is 34.2 Å². The number of amides is 1. The van der Waals surface area contributed by atoms with Gasteiger partial charge in [-0.25, -0.2) is 4.39 Å². The molecule has 4 nitrogen and oxygen atoms in total. The molecular weight excluding hydrogens is 321 g/mol. The molecule has 0 radical (unpaired) electrons. The Balaban J connectivity index is 2.08. The van der Waals surface area contributed by atoms with Crippen molar-refractivity contribution in [3.05, 3.63) is 44.9 Å². The van der Waals surface area contributed by atoms with Gasteiger partial charge in [0, 0.05) is 16.0 Å². The van der Waals surface area contributed by atoms with E-state index in [2.05, 4.69) is 21.2 Å². The normalized spacial score (nSPS) is 10.3. The third kappa shape index (κ3) is 3.05. The quantitative estimate of drug-likeness (QED) is 0.893. The van der Waals surface area contributed by atoms with E-state index >= 15 is 0 Å². The van der Waals surface area contributed by atoms with Crippen LogP contribution in [0.5, 0.6) is 0 Å². The second-order valence-electron chi connectivity index (χ2n) is 3.51. The minimum Gasteiger partial charge on any atom is -0.322 e. The van der Waals surface area contributed by atoms with E-state index in [-0.39, 0.29) is 22.9 Å². The standard InChI is InChI=1S/C11H9BrFN3OS/c12-7-1-2-9(8(13)5-7)15-10(17)6-16-3-4-18-11(16)14/h1-5,14H,6H2,(H,15,17). The molecule has 18 heavy (non-hydrogen) atoms. The smallest absolute Gasteiger partial charge is 0.244 e. The van der Waals surface area contributed by atoms with Gasteiger partial charge in [-0.05, 0) is 18.2 Å². The average molecular weight is 330 g/mol. The van der Waals surface area contributed by atoms with Gasteiger partial charge in [0.2, 0.25) is 5.91 Å². The molecule has 0 saturated heterocycles. The number of hydrogen-bond acceptors (Lipinski definition) is 3. The van der Waals surface area contributed by atoms with Crippen molar-refractivity contribution in [2.75, 3.05) is 5.32 Å². The van der Waals surface area contributed by atoms with Gasteiger partial charge in [0.15, 0.2) is 4.80 Å². The molecule has 2 N–H and O–H groups in total. The van der Waals surface area contributed by atoms with Crippen LogP contribution in [-0.2, 0) is 11.3 Å². The first-order valence-electron chi connectivity index (χ1n) is 4.99. The number of hydrogen-bond donors (Lipinski definition) is 2. The van der Waals surface area contributed by atoms with E-state index in [1.165, 1.54) is 28.0 Å². The summed E-state index contributed by atoms with van der Waals surface area (Å²) in [6.45, 7) is -0.00215. The second-order valence-corrected chi connectivity index (χ2v) is 5.32. The Kier molecular flexibility index (Phi) is 3.93. The lowest BCUT2D eigenvalue weighted by Gasteiger charge is -2.07. The molecule has 0 bridgehead atoms. The highest BCUT2D eigenvalue weighted by Crippen LogP contribution is 2.19. The summed E-state index contributed by atoms with van der Waals surface area (Å²) >= 11 is 4.37. The number of aromatic nitrogens is 1. The van der Waals surface area contributed by atoms with Crippen molar-refractivity contribution in [3.8, 4) is 0 Å². The van der Waals surface area contributed by atoms with Crippen molar-refractivity contribution < 1.29 is 9.18 Å². The molecule has 1 heterocycles. The number of carbonyl (C=O) groups excluding carboxylic acids is 1. The highest BCUT2D eigenvalue weighted by molar-refractivity contribution is 9.10. The topological polar surface area (TPSA) is 57.9 Å². The summed E-state index contributed by atoms with van der Waals surface area (Å²) in [6, 6.07) is 4.41. The van der Waals surface area contributed by atoms with Gasteiger partial charge in [-0.3, -0.25) is 10.2 Å². The zero-order valence-electron chi connectivity index (χ0n) is 9.11. The number of halogens is 2. The molecule has 0 aliphatic heterocycles. The third-order valence-electron chi connectivity index (χ3n) is 2.20. The Morgan fingerprint density at radius 3 is 2.94 bits per heavy atom. The maximum absolute atomic E-state index is 13.5. The molecule has 0 unspecified atom stereocenters. The summed E-state index contributed by atoms with van der Waals surface area (Å²) in [5, 5.41) is 11.7. The maximum atomic E-state index is 13.5. The van der Waals surface area contributed by atoms with Crippen molar-refractivity contribution >= 4 is 38.9 Å². The van der Waals surface area contributed by atoms with Crippen molar-refractivity contribution in [1.29, 1.82) is 5.41 Å². The van der Waals surface area contributed by atoms with E-state index in [0.717, 1.165) is 0 Å². The minimum absolute atomic E-state index is 0.00215. The first kappa shape index (κ1) is 13.0. The number of thiazole rings is 1. The molecule has 2 rings (SSSR count). The zero-order chi connectivity index (χ0) is 13.1. The summed E-state index contributed by atoms with van der Waals surface area (Å²) in [5.41, 5.74) is 0.130. The predicted molar refractivity (Wildman–Crippen MR) is 70.9 cm³/mol. The van der Waals surface area contributed by atoms with E-state index in [4.69, 9.17) is 5.41 Å². The first-order valence-corrected chi connectivity index (χ1v) is 6.67. The van der Waals surface area contributed by atoms with Crippen LogP contribution in [0, 0.1) is 11.2 Å². The van der Waals surface area contributed by atoms with Crippen molar-refractivity contribution in [2.45, 2.75) is 6.54 Å². The van der Waals surface area contributed by atoms with E-state index in [9.17, 15) is 9.18 Å². The summed E-state index contributed by atoms with van der Waals surface area (Å²) in [5.74, 6) is -0.868. The Morgan fingerprint density at radius 1 is 1.56 bits per heavy atom. The lowest BCUT2D eigenvalue weighted by molar-refractivity contribution is -0.116. The van der Waals surface area contributed by atoms with Crippen molar-refractivity contribution in [3.63, 3.8) is 0 Å². The van der Waals surface area contributed by atoms with E-state index in [1.54, 1.807) is 17.6 Å². The fourth-order valence-electron chi connectivity index (χ4n) is 1.36. The summed E-state index contributed by atoms with van der Waals surface area (Å²) in [7, 11) is 0. The molecule has 0 spiro atoms. The van der Waals surface area contributed by atoms with E-state index in [1.807, 2.05) is 0 Å². The van der Waals surface area contributed by atoms with Gasteiger partial charge < -0.3 is 9.88 Å². The zero-order valence-corrected chi connectivity index (χ0v) is 11.5. The number of anilines is 1. The van der Waals surface area contributed by atoms with Gasteiger partial charge >= 0.3 is 0 Å². The van der Waals surface area contributed by atoms with Gasteiger partial charge in [-0.15, -0.1) is 11.3 Å². The molecule has 1 aromatic carbocycles. The fourth-order valence-corrected chi connectivity index (χ4v) is 2.29. The summed E-state index contributed by atoms with van der Waals surface area (Å²) in [6.07, 6.45) is 1.64. The van der Waals surface area contributed by atoms with Gasteiger partial charge in [-0.2, -0.15) is 0 Å². The van der Waals surface area contributed by atoms with Crippen LogP contribution in [0.4, 0.5) is 10.1 Å². The van der Waals surface area contributed by atoms with Gasteiger partial charge in [-0.1, -0.05) is 15.9 Å². The number of benzene rings is 1. The van der Waals surface area contributed by atoms with Crippen LogP contribution < -0.4 is 10.1 Å². The van der Waals surface area contributed by atoms with Crippen molar-refractivity contribution in [2.24, 2.45) is 0 Å². The van der Waals surface area contributed by atoms with Crippen LogP contribution >= 0.6 is 27.3 Å². The Hall–Kier alpha value is -1.47. The molecule has 0 atom stereocenters. The van der Waals surface area contributed by atoms with Crippen LogP contribution in [0.25, 0.3) is 0 Å². The third-order valence-corrected chi connectivity index (χ3v) is 3.41. The average Bonchev–Trinajstić information content (AvgIpc) is 2.69. The predicted octanol–water partition coefficient (Wildman–Crippen LogP) is 2.57. The second kappa shape index (κ2) is 5.45. The molecule has 0 aliphatic rings. The highest BCUT2D eigenvalue weighted by atomic mass is 79.9. The van der Waals surface area contributed by atoms with Gasteiger partial charge in [0.1, 0.15) is 12.4 Å². The fraction of sp³-hybridized carbons (Fsp3) is 0.0909. The number of rotatable bonds is 3. The van der Waals surface area contributed by atoms with Gasteiger partial charge in [0.25, 0.3) is 0 Å². The van der Waals surface area contributed by atoms with Crippen LogP contribution in [0.1, 0.15) is 0 Å². The Labute approximate surface area is 115 Å². The molecule has 7 heteroatoms. The number of nitrogens with one attached hydrogen (secondary N) is 2. The lowest BCUT2D eigenvalue weighted by atomic mass is 10.3. The molecule has 94 valence electrons. The lowest BCUT2D eigenvalue weighted by Crippen LogP contribution is -2.24. The summed E-state index contributed by atoms with van der Waals surface area (Å²) in [4.78, 5) is 12.0. The highest BCUT2D eigenvalue weighted by Gasteiger charge is 2.08. The van der Waals surface area contributed by atoms with Crippen LogP contribution in [0.2, 0.25) is 0 Å². The van der Waals surface area contributed by atoms with Crippen LogP contribution in [0.3, 0.4) is 0 Å².